The molecule has 1 aromatic rings. The van der Waals surface area contributed by atoms with Gasteiger partial charge in [0.2, 0.25) is 0 Å². The molecular weight excluding hydrogens is 219 g/mol. The number of methoxy groups -OCH3 is 1. The Morgan fingerprint density at radius 2 is 2.06 bits per heavy atom. The van der Waals surface area contributed by atoms with Crippen molar-refractivity contribution in [2.45, 2.75) is 18.9 Å². The number of hydrogen-bond donors (Lipinski definition) is 1. The summed E-state index contributed by atoms with van der Waals surface area (Å²) in [6, 6.07) is 5.33. The Kier molecular flexibility index (Phi) is 3.84. The molecule has 1 heterocycles. The van der Waals surface area contributed by atoms with Crippen molar-refractivity contribution < 1.29 is 9.13 Å². The molecule has 1 aliphatic rings. The molecule has 0 radical (unpaired) electrons. The van der Waals surface area contributed by atoms with E-state index in [-0.39, 0.29) is 5.82 Å². The summed E-state index contributed by atoms with van der Waals surface area (Å²) in [4.78, 5) is 2.26. The van der Waals surface area contributed by atoms with Crippen LogP contribution in [0.2, 0.25) is 0 Å². The van der Waals surface area contributed by atoms with Gasteiger partial charge in [0.05, 0.1) is 12.8 Å². The molecular formula is C13H19FN2O. The third-order valence-electron chi connectivity index (χ3n) is 3.39. The maximum atomic E-state index is 13.1. The van der Waals surface area contributed by atoms with E-state index in [1.807, 2.05) is 7.05 Å². The van der Waals surface area contributed by atoms with Crippen molar-refractivity contribution >= 4 is 5.69 Å². The first-order valence-corrected chi connectivity index (χ1v) is 6.00. The lowest BCUT2D eigenvalue weighted by Gasteiger charge is -2.34. The molecule has 1 aliphatic heterocycles. The fourth-order valence-corrected chi connectivity index (χ4v) is 2.32. The van der Waals surface area contributed by atoms with E-state index in [1.54, 1.807) is 13.2 Å². The molecule has 1 N–H and O–H groups in total. The van der Waals surface area contributed by atoms with Crippen LogP contribution >= 0.6 is 0 Å². The second-order valence-corrected chi connectivity index (χ2v) is 4.37. The highest BCUT2D eigenvalue weighted by molar-refractivity contribution is 5.58. The highest BCUT2D eigenvalue weighted by Crippen LogP contribution is 2.30. The van der Waals surface area contributed by atoms with Crippen molar-refractivity contribution in [3.8, 4) is 5.75 Å². The van der Waals surface area contributed by atoms with Gasteiger partial charge in [0.25, 0.3) is 0 Å². The van der Waals surface area contributed by atoms with Crippen molar-refractivity contribution in [3.63, 3.8) is 0 Å². The van der Waals surface area contributed by atoms with Crippen LogP contribution < -0.4 is 15.0 Å². The number of hydrogen-bond acceptors (Lipinski definition) is 3. The summed E-state index contributed by atoms with van der Waals surface area (Å²) in [5.74, 6) is 0.364. The Hall–Kier alpha value is -1.29. The van der Waals surface area contributed by atoms with Gasteiger partial charge in [0.15, 0.2) is 0 Å². The standard InChI is InChI=1S/C13H19FN2O/c1-15-11-5-7-16(8-6-11)12-4-3-10(14)9-13(12)17-2/h3-4,9,11,15H,5-8H2,1-2H3. The average molecular weight is 238 g/mol. The van der Waals surface area contributed by atoms with Crippen LogP contribution in [-0.2, 0) is 0 Å². The van der Waals surface area contributed by atoms with Crippen LogP contribution in [0.3, 0.4) is 0 Å². The predicted molar refractivity (Wildman–Crippen MR) is 67.2 cm³/mol. The molecule has 0 bridgehead atoms. The van der Waals surface area contributed by atoms with E-state index < -0.39 is 0 Å². The van der Waals surface area contributed by atoms with Crippen molar-refractivity contribution in [1.29, 1.82) is 0 Å². The summed E-state index contributed by atoms with van der Waals surface area (Å²) in [6.07, 6.45) is 2.22. The van der Waals surface area contributed by atoms with E-state index in [0.717, 1.165) is 31.6 Å². The zero-order chi connectivity index (χ0) is 12.3. The Bertz CT molecular complexity index is 376. The van der Waals surface area contributed by atoms with E-state index in [1.165, 1.54) is 12.1 Å². The van der Waals surface area contributed by atoms with Gasteiger partial charge in [0, 0.05) is 25.2 Å². The summed E-state index contributed by atoms with van der Waals surface area (Å²) in [6.45, 7) is 1.96. The lowest BCUT2D eigenvalue weighted by Crippen LogP contribution is -2.41. The van der Waals surface area contributed by atoms with Crippen LogP contribution in [0.25, 0.3) is 0 Å². The second-order valence-electron chi connectivity index (χ2n) is 4.37. The Balaban J connectivity index is 2.12. The summed E-state index contributed by atoms with van der Waals surface area (Å²) in [7, 11) is 3.58. The minimum Gasteiger partial charge on any atom is -0.494 e. The van der Waals surface area contributed by atoms with Crippen molar-refractivity contribution in [2.75, 3.05) is 32.1 Å². The largest absolute Gasteiger partial charge is 0.494 e. The molecule has 1 fully saturated rings. The zero-order valence-corrected chi connectivity index (χ0v) is 10.4. The molecule has 0 saturated carbocycles. The van der Waals surface area contributed by atoms with Gasteiger partial charge < -0.3 is 15.0 Å². The highest BCUT2D eigenvalue weighted by atomic mass is 19.1. The lowest BCUT2D eigenvalue weighted by atomic mass is 10.0. The predicted octanol–water partition coefficient (Wildman–Crippen LogP) is 2.02. The summed E-state index contributed by atoms with van der Waals surface area (Å²) in [5.41, 5.74) is 0.989. The average Bonchev–Trinajstić information content (AvgIpc) is 2.39. The molecule has 0 unspecified atom stereocenters. The molecule has 0 amide bonds. The van der Waals surface area contributed by atoms with Gasteiger partial charge in [-0.25, -0.2) is 4.39 Å². The second kappa shape index (κ2) is 5.36. The first-order chi connectivity index (χ1) is 8.24. The highest BCUT2D eigenvalue weighted by Gasteiger charge is 2.20. The van der Waals surface area contributed by atoms with Crippen LogP contribution in [0.15, 0.2) is 18.2 Å². The topological polar surface area (TPSA) is 24.5 Å². The monoisotopic (exact) mass is 238 g/mol. The summed E-state index contributed by atoms with van der Waals surface area (Å²) in [5, 5.41) is 3.30. The Morgan fingerprint density at radius 1 is 1.35 bits per heavy atom. The first-order valence-electron chi connectivity index (χ1n) is 6.00. The van der Waals surface area contributed by atoms with Crippen molar-refractivity contribution in [3.05, 3.63) is 24.0 Å². The lowest BCUT2D eigenvalue weighted by molar-refractivity contribution is 0.403. The van der Waals surface area contributed by atoms with Crippen LogP contribution in [0.4, 0.5) is 10.1 Å². The number of piperidine rings is 1. The maximum Gasteiger partial charge on any atom is 0.145 e. The number of benzene rings is 1. The molecule has 0 spiro atoms. The SMILES string of the molecule is CNC1CCN(c2ccc(F)cc2OC)CC1. The fourth-order valence-electron chi connectivity index (χ4n) is 2.32. The number of halogens is 1. The van der Waals surface area contributed by atoms with Gasteiger partial charge in [-0.1, -0.05) is 0 Å². The molecule has 0 aliphatic carbocycles. The van der Waals surface area contributed by atoms with E-state index in [9.17, 15) is 4.39 Å². The van der Waals surface area contributed by atoms with Gasteiger partial charge in [-0.15, -0.1) is 0 Å². The molecule has 1 saturated heterocycles. The molecule has 2 rings (SSSR count). The fraction of sp³-hybridized carbons (Fsp3) is 0.538. The molecule has 94 valence electrons. The van der Waals surface area contributed by atoms with E-state index in [2.05, 4.69) is 10.2 Å². The Morgan fingerprint density at radius 3 is 2.65 bits per heavy atom. The number of ether oxygens (including phenoxy) is 1. The van der Waals surface area contributed by atoms with Crippen molar-refractivity contribution in [2.24, 2.45) is 0 Å². The van der Waals surface area contributed by atoms with E-state index in [0.29, 0.717) is 11.8 Å². The minimum absolute atomic E-state index is 0.254. The molecule has 17 heavy (non-hydrogen) atoms. The van der Waals surface area contributed by atoms with E-state index in [4.69, 9.17) is 4.74 Å². The number of anilines is 1. The zero-order valence-electron chi connectivity index (χ0n) is 10.4. The van der Waals surface area contributed by atoms with Crippen LogP contribution in [-0.4, -0.2) is 33.3 Å². The number of rotatable bonds is 3. The third-order valence-corrected chi connectivity index (χ3v) is 3.39. The molecule has 3 nitrogen and oxygen atoms in total. The third kappa shape index (κ3) is 2.69. The van der Waals surface area contributed by atoms with Gasteiger partial charge in [-0.2, -0.15) is 0 Å². The van der Waals surface area contributed by atoms with Gasteiger partial charge in [-0.05, 0) is 32.0 Å². The first kappa shape index (κ1) is 12.2. The number of nitrogens with one attached hydrogen (secondary N) is 1. The van der Waals surface area contributed by atoms with Crippen LogP contribution in [0, 0.1) is 5.82 Å². The Labute approximate surface area is 102 Å². The molecule has 0 atom stereocenters. The summed E-state index contributed by atoms with van der Waals surface area (Å²) < 4.78 is 18.3. The van der Waals surface area contributed by atoms with Gasteiger partial charge in [-0.3, -0.25) is 0 Å². The number of nitrogens with zero attached hydrogens (tertiary/aromatic N) is 1. The van der Waals surface area contributed by atoms with Gasteiger partial charge >= 0.3 is 0 Å². The molecule has 1 aromatic carbocycles. The quantitative estimate of drug-likeness (QED) is 0.872. The maximum absolute atomic E-state index is 13.1. The van der Waals surface area contributed by atoms with Crippen LogP contribution in [0.1, 0.15) is 12.8 Å². The van der Waals surface area contributed by atoms with Gasteiger partial charge in [0.1, 0.15) is 11.6 Å². The minimum atomic E-state index is -0.254. The molecule has 0 aromatic heterocycles. The smallest absolute Gasteiger partial charge is 0.145 e. The molecule has 4 heteroatoms. The van der Waals surface area contributed by atoms with Crippen LogP contribution in [0.5, 0.6) is 5.75 Å². The summed E-state index contributed by atoms with van der Waals surface area (Å²) >= 11 is 0. The van der Waals surface area contributed by atoms with Crippen molar-refractivity contribution in [1.82, 2.24) is 5.32 Å². The van der Waals surface area contributed by atoms with E-state index >= 15 is 0 Å². The normalized spacial score (nSPS) is 17.2.